The molecule has 0 spiro atoms. The molecule has 0 radical (unpaired) electrons. The van der Waals surface area contributed by atoms with E-state index in [1.807, 2.05) is 13.0 Å². The number of hydrogen-bond acceptors (Lipinski definition) is 3. The second kappa shape index (κ2) is 5.50. The van der Waals surface area contributed by atoms with Crippen molar-refractivity contribution in [2.45, 2.75) is 52.2 Å². The first-order valence-electron chi connectivity index (χ1n) is 6.59. The largest absolute Gasteiger partial charge is 0.488 e. The first-order valence-corrected chi connectivity index (χ1v) is 6.59. The van der Waals surface area contributed by atoms with Crippen LogP contribution in [0.3, 0.4) is 0 Å². The summed E-state index contributed by atoms with van der Waals surface area (Å²) in [5.74, 6) is 0.970. The summed E-state index contributed by atoms with van der Waals surface area (Å²) in [6.45, 7) is 7.33. The van der Waals surface area contributed by atoms with E-state index in [1.165, 1.54) is 0 Å². The van der Waals surface area contributed by atoms with Crippen LogP contribution in [0, 0.1) is 6.92 Å². The number of pyridine rings is 1. The van der Waals surface area contributed by atoms with Crippen LogP contribution in [0.4, 0.5) is 0 Å². The molecule has 1 aromatic heterocycles. The molecule has 1 fully saturated rings. The third-order valence-electron chi connectivity index (χ3n) is 3.29. The summed E-state index contributed by atoms with van der Waals surface area (Å²) in [4.78, 5) is 4.52. The molecular formula is C14H22N2O. The van der Waals surface area contributed by atoms with Crippen LogP contribution in [0.5, 0.6) is 5.75 Å². The van der Waals surface area contributed by atoms with E-state index in [9.17, 15) is 0 Å². The lowest BCUT2D eigenvalue weighted by atomic mass is 9.89. The van der Waals surface area contributed by atoms with Crippen LogP contribution < -0.4 is 10.1 Å². The lowest BCUT2D eigenvalue weighted by Gasteiger charge is -2.36. The number of ether oxygens (including phenoxy) is 1. The van der Waals surface area contributed by atoms with Crippen molar-refractivity contribution in [2.75, 3.05) is 6.54 Å². The van der Waals surface area contributed by atoms with E-state index in [0.29, 0.717) is 12.1 Å². The van der Waals surface area contributed by atoms with Gasteiger partial charge in [-0.05, 0) is 44.9 Å². The minimum Gasteiger partial charge on any atom is -0.488 e. The van der Waals surface area contributed by atoms with E-state index in [-0.39, 0.29) is 0 Å². The fourth-order valence-corrected chi connectivity index (χ4v) is 2.26. The fraction of sp³-hybridized carbons (Fsp3) is 0.643. The zero-order chi connectivity index (χ0) is 12.3. The molecule has 1 saturated carbocycles. The maximum Gasteiger partial charge on any atom is 0.141 e. The highest BCUT2D eigenvalue weighted by Gasteiger charge is 2.30. The Kier molecular flexibility index (Phi) is 4.00. The van der Waals surface area contributed by atoms with Crippen LogP contribution in [0.25, 0.3) is 0 Å². The molecule has 3 nitrogen and oxygen atoms in total. The number of aromatic nitrogens is 1. The lowest BCUT2D eigenvalue weighted by Crippen LogP contribution is -2.46. The van der Waals surface area contributed by atoms with Crippen LogP contribution in [-0.2, 0) is 6.42 Å². The molecule has 0 aliphatic heterocycles. The molecule has 1 aliphatic rings. The molecule has 94 valence electrons. The highest BCUT2D eigenvalue weighted by atomic mass is 16.5. The topological polar surface area (TPSA) is 34.1 Å². The number of nitrogens with zero attached hydrogens (tertiary/aromatic N) is 1. The van der Waals surface area contributed by atoms with Gasteiger partial charge < -0.3 is 10.1 Å². The molecule has 0 unspecified atom stereocenters. The molecular weight excluding hydrogens is 212 g/mol. The monoisotopic (exact) mass is 234 g/mol. The maximum absolute atomic E-state index is 6.00. The first kappa shape index (κ1) is 12.4. The van der Waals surface area contributed by atoms with Crippen LogP contribution in [0.2, 0.25) is 0 Å². The third-order valence-corrected chi connectivity index (χ3v) is 3.29. The van der Waals surface area contributed by atoms with Gasteiger partial charge in [-0.25, -0.2) is 0 Å². The Morgan fingerprint density at radius 1 is 1.35 bits per heavy atom. The number of hydrogen-bond donors (Lipinski definition) is 1. The van der Waals surface area contributed by atoms with E-state index in [4.69, 9.17) is 4.74 Å². The lowest BCUT2D eigenvalue weighted by molar-refractivity contribution is 0.0845. The van der Waals surface area contributed by atoms with Gasteiger partial charge in [0.2, 0.25) is 0 Å². The summed E-state index contributed by atoms with van der Waals surface area (Å²) < 4.78 is 6.00. The Hall–Kier alpha value is -1.09. The number of aryl methyl sites for hydroxylation is 2. The normalized spacial score (nSPS) is 23.2. The molecule has 17 heavy (non-hydrogen) atoms. The van der Waals surface area contributed by atoms with Gasteiger partial charge in [0.05, 0.1) is 5.69 Å². The quantitative estimate of drug-likeness (QED) is 0.850. The molecule has 0 amide bonds. The van der Waals surface area contributed by atoms with E-state index < -0.39 is 0 Å². The number of nitrogens with one attached hydrogen (secondary N) is 1. The minimum atomic E-state index is 0.369. The Labute approximate surface area is 104 Å². The fourth-order valence-electron chi connectivity index (χ4n) is 2.26. The van der Waals surface area contributed by atoms with Crippen molar-refractivity contribution < 1.29 is 4.74 Å². The summed E-state index contributed by atoms with van der Waals surface area (Å²) in [6.07, 6.45) is 3.53. The average molecular weight is 234 g/mol. The van der Waals surface area contributed by atoms with Gasteiger partial charge >= 0.3 is 0 Å². The van der Waals surface area contributed by atoms with Gasteiger partial charge in [-0.2, -0.15) is 0 Å². The van der Waals surface area contributed by atoms with Gasteiger partial charge in [-0.15, -0.1) is 0 Å². The van der Waals surface area contributed by atoms with Crippen molar-refractivity contribution in [2.24, 2.45) is 0 Å². The zero-order valence-corrected chi connectivity index (χ0v) is 11.0. The Bertz CT molecular complexity index is 372. The second-order valence-corrected chi connectivity index (χ2v) is 4.72. The summed E-state index contributed by atoms with van der Waals surface area (Å²) >= 11 is 0. The second-order valence-electron chi connectivity index (χ2n) is 4.72. The van der Waals surface area contributed by atoms with Crippen molar-refractivity contribution >= 4 is 0 Å². The molecule has 1 heterocycles. The van der Waals surface area contributed by atoms with Crippen LogP contribution in [0.1, 0.15) is 38.1 Å². The van der Waals surface area contributed by atoms with Gasteiger partial charge in [0.1, 0.15) is 11.9 Å². The molecule has 1 N–H and O–H groups in total. The van der Waals surface area contributed by atoms with E-state index in [1.54, 1.807) is 0 Å². The minimum absolute atomic E-state index is 0.369. The molecule has 1 aliphatic carbocycles. The van der Waals surface area contributed by atoms with Crippen molar-refractivity contribution in [1.82, 2.24) is 10.3 Å². The average Bonchev–Trinajstić information content (AvgIpc) is 2.28. The predicted octanol–water partition coefficient (Wildman–Crippen LogP) is 2.47. The van der Waals surface area contributed by atoms with Crippen molar-refractivity contribution in [3.63, 3.8) is 0 Å². The molecule has 2 rings (SSSR count). The van der Waals surface area contributed by atoms with Crippen LogP contribution in [-0.4, -0.2) is 23.7 Å². The van der Waals surface area contributed by atoms with Gasteiger partial charge in [0.25, 0.3) is 0 Å². The smallest absolute Gasteiger partial charge is 0.141 e. The third kappa shape index (κ3) is 2.97. The molecule has 0 bridgehead atoms. The Morgan fingerprint density at radius 3 is 2.76 bits per heavy atom. The summed E-state index contributed by atoms with van der Waals surface area (Å²) in [6, 6.07) is 4.73. The predicted molar refractivity (Wildman–Crippen MR) is 69.5 cm³/mol. The van der Waals surface area contributed by atoms with Gasteiger partial charge in [-0.3, -0.25) is 4.98 Å². The molecule has 0 atom stereocenters. The molecule has 0 saturated heterocycles. The van der Waals surface area contributed by atoms with E-state index >= 15 is 0 Å². The van der Waals surface area contributed by atoms with E-state index in [2.05, 4.69) is 30.2 Å². The van der Waals surface area contributed by atoms with Crippen molar-refractivity contribution in [3.05, 3.63) is 23.5 Å². The highest BCUT2D eigenvalue weighted by Crippen LogP contribution is 2.27. The molecule has 1 aromatic rings. The van der Waals surface area contributed by atoms with Crippen molar-refractivity contribution in [1.29, 1.82) is 0 Å². The summed E-state index contributed by atoms with van der Waals surface area (Å²) in [5, 5.41) is 3.44. The Balaban J connectivity index is 1.92. The van der Waals surface area contributed by atoms with Crippen LogP contribution in [0.15, 0.2) is 12.1 Å². The first-order chi connectivity index (χ1) is 8.22. The Morgan fingerprint density at radius 2 is 2.12 bits per heavy atom. The summed E-state index contributed by atoms with van der Waals surface area (Å²) in [5.41, 5.74) is 2.14. The number of rotatable bonds is 5. The van der Waals surface area contributed by atoms with Gasteiger partial charge in [0, 0.05) is 11.7 Å². The SMILES string of the molecule is CCNC1CC(Oc2ccc(C)nc2CC)C1. The summed E-state index contributed by atoms with van der Waals surface area (Å²) in [7, 11) is 0. The van der Waals surface area contributed by atoms with Crippen LogP contribution >= 0.6 is 0 Å². The van der Waals surface area contributed by atoms with Gasteiger partial charge in [-0.1, -0.05) is 13.8 Å². The van der Waals surface area contributed by atoms with E-state index in [0.717, 1.165) is 42.9 Å². The van der Waals surface area contributed by atoms with Gasteiger partial charge in [0.15, 0.2) is 0 Å². The molecule has 0 aromatic carbocycles. The zero-order valence-electron chi connectivity index (χ0n) is 11.0. The maximum atomic E-state index is 6.00. The standard InChI is InChI=1S/C14H22N2O/c1-4-13-14(7-6-10(3)16-13)17-12-8-11(9-12)15-5-2/h6-7,11-12,15H,4-5,8-9H2,1-3H3. The highest BCUT2D eigenvalue weighted by molar-refractivity contribution is 5.29. The molecule has 3 heteroatoms. The van der Waals surface area contributed by atoms with Crippen molar-refractivity contribution in [3.8, 4) is 5.75 Å².